The first-order valence-electron chi connectivity index (χ1n) is 9.55. The molecular formula is C22H24Cl2FN3OS. The Labute approximate surface area is 191 Å². The lowest BCUT2D eigenvalue weighted by Gasteiger charge is -2.23. The predicted octanol–water partition coefficient (Wildman–Crippen LogP) is 5.90. The lowest BCUT2D eigenvalue weighted by atomic mass is 10.2. The number of fused-ring (bicyclic) bond motifs is 1. The number of carbonyl (C=O) groups is 1. The second-order valence-electron chi connectivity index (χ2n) is 6.45. The van der Waals surface area contributed by atoms with Gasteiger partial charge in [0.05, 0.1) is 4.70 Å². The molecule has 0 bridgehead atoms. The van der Waals surface area contributed by atoms with Crippen LogP contribution in [0, 0.1) is 5.82 Å². The van der Waals surface area contributed by atoms with E-state index in [1.807, 2.05) is 24.3 Å². The number of aromatic nitrogens is 1. The van der Waals surface area contributed by atoms with Crippen molar-refractivity contribution in [2.24, 2.45) is 0 Å². The van der Waals surface area contributed by atoms with Gasteiger partial charge in [0.15, 0.2) is 5.13 Å². The van der Waals surface area contributed by atoms with E-state index in [-0.39, 0.29) is 24.1 Å². The fraction of sp³-hybridized carbons (Fsp3) is 0.273. The van der Waals surface area contributed by atoms with E-state index in [1.54, 1.807) is 23.1 Å². The number of hydrogen-bond acceptors (Lipinski definition) is 4. The molecule has 0 spiro atoms. The number of thiazole rings is 1. The third-order valence-electron chi connectivity index (χ3n) is 4.70. The zero-order valence-corrected chi connectivity index (χ0v) is 19.2. The molecule has 1 amide bonds. The Hall–Kier alpha value is -1.99. The van der Waals surface area contributed by atoms with E-state index < -0.39 is 0 Å². The maximum absolute atomic E-state index is 14.1. The highest BCUT2D eigenvalue weighted by Crippen LogP contribution is 2.30. The van der Waals surface area contributed by atoms with Gasteiger partial charge in [-0.05, 0) is 42.9 Å². The second kappa shape index (κ2) is 11.4. The van der Waals surface area contributed by atoms with Crippen LogP contribution in [-0.4, -0.2) is 42.0 Å². The van der Waals surface area contributed by atoms with Crippen LogP contribution in [0.3, 0.4) is 0 Å². The largest absolute Gasteiger partial charge is 0.302 e. The summed E-state index contributed by atoms with van der Waals surface area (Å²) in [6.07, 6.45) is 3.19. The average molecular weight is 468 g/mol. The first-order chi connectivity index (χ1) is 14.0. The molecule has 3 rings (SSSR count). The van der Waals surface area contributed by atoms with Crippen molar-refractivity contribution in [1.82, 2.24) is 9.88 Å². The molecule has 0 fully saturated rings. The van der Waals surface area contributed by atoms with E-state index >= 15 is 0 Å². The first kappa shape index (κ1) is 24.3. The maximum atomic E-state index is 14.1. The van der Waals surface area contributed by atoms with Crippen molar-refractivity contribution in [2.45, 2.75) is 13.8 Å². The minimum Gasteiger partial charge on any atom is -0.302 e. The number of likely N-dealkylation sites (N-methyl/N-ethyl adjacent to an activating group) is 1. The molecule has 0 aliphatic carbocycles. The number of para-hydroxylation sites is 1. The summed E-state index contributed by atoms with van der Waals surface area (Å²) in [6, 6.07) is 12.2. The molecule has 2 aromatic carbocycles. The van der Waals surface area contributed by atoms with Gasteiger partial charge in [-0.15, -0.1) is 12.4 Å². The van der Waals surface area contributed by atoms with Crippen LogP contribution in [0.4, 0.5) is 9.52 Å². The maximum Gasteiger partial charge on any atom is 0.252 e. The topological polar surface area (TPSA) is 36.4 Å². The number of nitrogens with zero attached hydrogens (tertiary/aromatic N) is 3. The van der Waals surface area contributed by atoms with E-state index in [4.69, 9.17) is 11.6 Å². The zero-order chi connectivity index (χ0) is 20.8. The minimum atomic E-state index is -0.382. The number of rotatable bonds is 8. The van der Waals surface area contributed by atoms with Crippen molar-refractivity contribution in [3.05, 3.63) is 64.9 Å². The van der Waals surface area contributed by atoms with Gasteiger partial charge < -0.3 is 4.90 Å². The monoisotopic (exact) mass is 467 g/mol. The number of benzene rings is 2. The van der Waals surface area contributed by atoms with Gasteiger partial charge in [-0.2, -0.15) is 0 Å². The molecule has 30 heavy (non-hydrogen) atoms. The Kier molecular flexibility index (Phi) is 9.24. The summed E-state index contributed by atoms with van der Waals surface area (Å²) < 4.78 is 14.8. The molecule has 0 radical (unpaired) electrons. The molecule has 0 aliphatic heterocycles. The third-order valence-corrected chi connectivity index (χ3v) is 6.09. The van der Waals surface area contributed by atoms with Gasteiger partial charge in [0, 0.05) is 24.2 Å². The van der Waals surface area contributed by atoms with Crippen LogP contribution < -0.4 is 4.90 Å². The lowest BCUT2D eigenvalue weighted by Crippen LogP contribution is -2.38. The summed E-state index contributed by atoms with van der Waals surface area (Å²) in [4.78, 5) is 21.3. The standard InChI is InChI=1S/C22H23ClFN3OS.ClH/c1-3-26(4-2)14-15-27(20(28)13-12-16-8-5-6-9-17(16)23)22-25-21-18(24)10-7-11-19(21)29-22;/h5-13H,3-4,14-15H2,1-2H3;1H. The molecule has 0 saturated carbocycles. The van der Waals surface area contributed by atoms with Crippen LogP contribution in [0.2, 0.25) is 5.02 Å². The Bertz CT molecular complexity index is 1020. The SMILES string of the molecule is CCN(CC)CCN(C(=O)C=Cc1ccccc1Cl)c1nc2c(F)cccc2s1.Cl. The van der Waals surface area contributed by atoms with Crippen LogP contribution >= 0.6 is 35.3 Å². The summed E-state index contributed by atoms with van der Waals surface area (Å²) in [5.74, 6) is -0.593. The molecule has 1 heterocycles. The molecule has 0 N–H and O–H groups in total. The Morgan fingerprint density at radius 3 is 2.53 bits per heavy atom. The van der Waals surface area contributed by atoms with Gasteiger partial charge in [0.2, 0.25) is 0 Å². The van der Waals surface area contributed by atoms with Gasteiger partial charge >= 0.3 is 0 Å². The molecule has 3 aromatic rings. The average Bonchev–Trinajstić information content (AvgIpc) is 3.16. The van der Waals surface area contributed by atoms with Crippen LogP contribution in [0.5, 0.6) is 0 Å². The molecule has 0 saturated heterocycles. The summed E-state index contributed by atoms with van der Waals surface area (Å²) >= 11 is 7.50. The Morgan fingerprint density at radius 1 is 1.13 bits per heavy atom. The van der Waals surface area contributed by atoms with Crippen LogP contribution in [0.1, 0.15) is 19.4 Å². The number of carbonyl (C=O) groups excluding carboxylic acids is 1. The van der Waals surface area contributed by atoms with Crippen molar-refractivity contribution in [2.75, 3.05) is 31.1 Å². The Morgan fingerprint density at radius 2 is 1.87 bits per heavy atom. The smallest absolute Gasteiger partial charge is 0.252 e. The summed E-state index contributed by atoms with van der Waals surface area (Å²) in [7, 11) is 0. The van der Waals surface area contributed by atoms with E-state index in [1.165, 1.54) is 23.5 Å². The second-order valence-corrected chi connectivity index (χ2v) is 7.87. The molecule has 0 atom stereocenters. The predicted molar refractivity (Wildman–Crippen MR) is 127 cm³/mol. The number of anilines is 1. The van der Waals surface area contributed by atoms with Crippen molar-refractivity contribution >= 4 is 62.7 Å². The molecule has 4 nitrogen and oxygen atoms in total. The zero-order valence-electron chi connectivity index (χ0n) is 16.8. The quantitative estimate of drug-likeness (QED) is 0.387. The molecule has 0 aliphatic rings. The Balaban J connectivity index is 0.00000320. The summed E-state index contributed by atoms with van der Waals surface area (Å²) in [5.41, 5.74) is 1.06. The molecular weight excluding hydrogens is 444 g/mol. The third kappa shape index (κ3) is 5.79. The van der Waals surface area contributed by atoms with Gasteiger partial charge in [0.1, 0.15) is 11.3 Å². The minimum absolute atomic E-state index is 0. The van der Waals surface area contributed by atoms with Crippen LogP contribution in [-0.2, 0) is 4.79 Å². The highest BCUT2D eigenvalue weighted by Gasteiger charge is 2.19. The fourth-order valence-electron chi connectivity index (χ4n) is 2.96. The highest BCUT2D eigenvalue weighted by molar-refractivity contribution is 7.22. The van der Waals surface area contributed by atoms with Gasteiger partial charge in [-0.1, -0.05) is 61.1 Å². The molecule has 8 heteroatoms. The lowest BCUT2D eigenvalue weighted by molar-refractivity contribution is -0.114. The van der Waals surface area contributed by atoms with Gasteiger partial charge in [0.25, 0.3) is 5.91 Å². The van der Waals surface area contributed by atoms with Crippen molar-refractivity contribution in [3.8, 4) is 0 Å². The first-order valence-corrected chi connectivity index (χ1v) is 10.7. The highest BCUT2D eigenvalue weighted by atomic mass is 35.5. The summed E-state index contributed by atoms with van der Waals surface area (Å²) in [5, 5.41) is 1.07. The van der Waals surface area contributed by atoms with E-state index in [0.717, 1.165) is 23.4 Å². The van der Waals surface area contributed by atoms with Crippen molar-refractivity contribution in [3.63, 3.8) is 0 Å². The van der Waals surface area contributed by atoms with Gasteiger partial charge in [-0.25, -0.2) is 9.37 Å². The van der Waals surface area contributed by atoms with E-state index in [0.29, 0.717) is 28.8 Å². The number of amides is 1. The number of halogens is 3. The van der Waals surface area contributed by atoms with E-state index in [2.05, 4.69) is 23.7 Å². The molecule has 1 aromatic heterocycles. The van der Waals surface area contributed by atoms with Crippen LogP contribution in [0.25, 0.3) is 16.3 Å². The van der Waals surface area contributed by atoms with Crippen LogP contribution in [0.15, 0.2) is 48.5 Å². The fourth-order valence-corrected chi connectivity index (χ4v) is 4.17. The van der Waals surface area contributed by atoms with Crippen molar-refractivity contribution in [1.29, 1.82) is 0 Å². The molecule has 0 unspecified atom stereocenters. The normalized spacial score (nSPS) is 11.2. The number of hydrogen-bond donors (Lipinski definition) is 0. The van der Waals surface area contributed by atoms with E-state index in [9.17, 15) is 9.18 Å². The van der Waals surface area contributed by atoms with Gasteiger partial charge in [-0.3, -0.25) is 9.69 Å². The summed E-state index contributed by atoms with van der Waals surface area (Å²) in [6.45, 7) is 7.12. The van der Waals surface area contributed by atoms with Crippen molar-refractivity contribution < 1.29 is 9.18 Å². The molecule has 160 valence electrons.